The van der Waals surface area contributed by atoms with Crippen molar-refractivity contribution in [3.8, 4) is 45.3 Å². The topological polar surface area (TPSA) is 51.8 Å². The Kier molecular flexibility index (Phi) is 7.84. The minimum Gasteiger partial charge on any atom is -0.456 e. The van der Waals surface area contributed by atoms with Crippen molar-refractivity contribution in [1.29, 1.82) is 0 Å². The Morgan fingerprint density at radius 3 is 1.83 bits per heavy atom. The Labute approximate surface area is 278 Å². The second-order valence-electron chi connectivity index (χ2n) is 11.8. The predicted octanol–water partition coefficient (Wildman–Crippen LogP) is 11.9. The maximum absolute atomic E-state index is 6.19. The largest absolute Gasteiger partial charge is 0.456 e. The Balaban J connectivity index is 0.00000159. The molecule has 5 aromatic carbocycles. The van der Waals surface area contributed by atoms with Gasteiger partial charge in [-0.1, -0.05) is 105 Å². The van der Waals surface area contributed by atoms with Crippen LogP contribution in [-0.4, -0.2) is 15.0 Å². The highest BCUT2D eigenvalue weighted by Gasteiger charge is 2.21. The number of rotatable bonds is 4. The molecule has 8 aromatic rings. The number of aryl methyl sites for hydroxylation is 2. The number of thiophene rings is 1. The predicted molar refractivity (Wildman–Crippen MR) is 197 cm³/mol. The molecule has 4 nitrogen and oxygen atoms in total. The van der Waals surface area contributed by atoms with Gasteiger partial charge in [0, 0.05) is 42.6 Å². The molecular formula is C42H35N3OS. The summed E-state index contributed by atoms with van der Waals surface area (Å²) in [6.07, 6.45) is 6.03. The summed E-state index contributed by atoms with van der Waals surface area (Å²) in [4.78, 5) is 16.7. The van der Waals surface area contributed by atoms with Crippen molar-refractivity contribution in [2.75, 3.05) is 0 Å². The Morgan fingerprint density at radius 1 is 0.511 bits per heavy atom. The van der Waals surface area contributed by atoms with Crippen LogP contribution in [0.1, 0.15) is 43.6 Å². The minimum atomic E-state index is 0.677. The van der Waals surface area contributed by atoms with Gasteiger partial charge >= 0.3 is 0 Å². The summed E-state index contributed by atoms with van der Waals surface area (Å²) in [5, 5.41) is 3.61. The minimum absolute atomic E-state index is 0.677. The van der Waals surface area contributed by atoms with E-state index in [1.165, 1.54) is 50.9 Å². The van der Waals surface area contributed by atoms with Gasteiger partial charge in [0.1, 0.15) is 11.2 Å². The number of hydrogen-bond acceptors (Lipinski definition) is 5. The first-order valence-electron chi connectivity index (χ1n) is 16.7. The molecule has 0 fully saturated rings. The van der Waals surface area contributed by atoms with Crippen molar-refractivity contribution in [2.45, 2.75) is 46.0 Å². The first-order valence-corrected chi connectivity index (χ1v) is 17.5. The van der Waals surface area contributed by atoms with Crippen LogP contribution < -0.4 is 0 Å². The fourth-order valence-electron chi connectivity index (χ4n) is 6.71. The van der Waals surface area contributed by atoms with E-state index in [0.29, 0.717) is 17.5 Å². The standard InChI is InChI=1S/C40H29N3OS.C2H6/c1-4-12-25(13-5-1)38-41-39(26-14-6-2-7-15-26)43-40(42-38)28-23-31(37-33(24-28)30-17-8-3-9-19-36(30)45-37)27-20-21-35-32(22-27)29-16-10-11-18-34(29)44-35;1-2/h1-2,4-7,10-16,18,20-24H,3,8-9,17,19H2;1-2H3. The highest BCUT2D eigenvalue weighted by Crippen LogP contribution is 2.44. The molecule has 0 saturated carbocycles. The molecule has 0 N–H and O–H groups in total. The molecule has 3 aromatic heterocycles. The molecule has 0 atom stereocenters. The van der Waals surface area contributed by atoms with Crippen molar-refractivity contribution in [3.63, 3.8) is 0 Å². The zero-order chi connectivity index (χ0) is 31.7. The van der Waals surface area contributed by atoms with Gasteiger partial charge in [-0.25, -0.2) is 15.0 Å². The van der Waals surface area contributed by atoms with Crippen LogP contribution in [0.4, 0.5) is 0 Å². The molecule has 0 bridgehead atoms. The van der Waals surface area contributed by atoms with E-state index in [1.807, 2.05) is 73.7 Å². The van der Waals surface area contributed by atoms with Crippen molar-refractivity contribution in [1.82, 2.24) is 15.0 Å². The van der Waals surface area contributed by atoms with Crippen LogP contribution in [0.3, 0.4) is 0 Å². The fourth-order valence-corrected chi connectivity index (χ4v) is 8.12. The maximum atomic E-state index is 6.19. The number of fused-ring (bicyclic) bond motifs is 6. The number of furan rings is 1. The van der Waals surface area contributed by atoms with Gasteiger partial charge in [-0.15, -0.1) is 11.3 Å². The third kappa shape index (κ3) is 5.41. The molecule has 0 unspecified atom stereocenters. The fraction of sp³-hybridized carbons (Fsp3) is 0.167. The van der Waals surface area contributed by atoms with Gasteiger partial charge in [0.25, 0.3) is 0 Å². The third-order valence-electron chi connectivity index (χ3n) is 8.95. The average Bonchev–Trinajstić information content (AvgIpc) is 3.60. The first kappa shape index (κ1) is 29.3. The van der Waals surface area contributed by atoms with Gasteiger partial charge in [-0.05, 0) is 72.5 Å². The monoisotopic (exact) mass is 629 g/mol. The molecule has 5 heteroatoms. The number of hydrogen-bond donors (Lipinski definition) is 0. The average molecular weight is 630 g/mol. The second-order valence-corrected chi connectivity index (χ2v) is 12.9. The van der Waals surface area contributed by atoms with E-state index in [1.54, 1.807) is 0 Å². The van der Waals surface area contributed by atoms with Crippen LogP contribution in [-0.2, 0) is 12.8 Å². The van der Waals surface area contributed by atoms with E-state index in [4.69, 9.17) is 19.4 Å². The van der Waals surface area contributed by atoms with E-state index < -0.39 is 0 Å². The summed E-state index contributed by atoms with van der Waals surface area (Å²) in [6, 6.07) is 39.9. The molecule has 0 saturated heterocycles. The summed E-state index contributed by atoms with van der Waals surface area (Å²) in [7, 11) is 0. The second kappa shape index (κ2) is 12.6. The van der Waals surface area contributed by atoms with Crippen LogP contribution in [0.2, 0.25) is 0 Å². The summed E-state index contributed by atoms with van der Waals surface area (Å²) in [6.45, 7) is 4.00. The molecule has 9 rings (SSSR count). The van der Waals surface area contributed by atoms with Crippen molar-refractivity contribution in [2.24, 2.45) is 0 Å². The lowest BCUT2D eigenvalue weighted by molar-refractivity contribution is 0.669. The van der Waals surface area contributed by atoms with Gasteiger partial charge in [0.05, 0.1) is 0 Å². The van der Waals surface area contributed by atoms with Gasteiger partial charge in [0.15, 0.2) is 17.5 Å². The summed E-state index contributed by atoms with van der Waals surface area (Å²) < 4.78 is 7.54. The molecule has 3 heterocycles. The summed E-state index contributed by atoms with van der Waals surface area (Å²) in [5.41, 5.74) is 8.68. The van der Waals surface area contributed by atoms with Crippen LogP contribution in [0.5, 0.6) is 0 Å². The van der Waals surface area contributed by atoms with Crippen LogP contribution in [0, 0.1) is 0 Å². The molecule has 1 aliphatic carbocycles. The Morgan fingerprint density at radius 2 is 1.11 bits per heavy atom. The van der Waals surface area contributed by atoms with Crippen molar-refractivity contribution < 1.29 is 4.42 Å². The number of nitrogens with zero attached hydrogens (tertiary/aromatic N) is 3. The first-order chi connectivity index (χ1) is 23.3. The molecule has 0 spiro atoms. The molecule has 0 amide bonds. The van der Waals surface area contributed by atoms with Crippen molar-refractivity contribution >= 4 is 43.4 Å². The molecule has 230 valence electrons. The van der Waals surface area contributed by atoms with Crippen molar-refractivity contribution in [3.05, 3.63) is 126 Å². The van der Waals surface area contributed by atoms with Gasteiger partial charge in [0.2, 0.25) is 0 Å². The normalized spacial score (nSPS) is 12.9. The molecular weight excluding hydrogens is 595 g/mol. The zero-order valence-corrected chi connectivity index (χ0v) is 27.5. The van der Waals surface area contributed by atoms with E-state index in [-0.39, 0.29) is 0 Å². The lowest BCUT2D eigenvalue weighted by atomic mass is 9.96. The molecule has 0 radical (unpaired) electrons. The number of aromatic nitrogens is 3. The SMILES string of the molecule is CC.c1ccc(-c2nc(-c3ccccc3)nc(-c3cc(-c4ccc5oc6ccccc6c5c4)c4sc5c(c4c3)CCCCC5)n2)cc1. The van der Waals surface area contributed by atoms with E-state index in [2.05, 4.69) is 66.7 Å². The Hall–Kier alpha value is -5.13. The van der Waals surface area contributed by atoms with E-state index in [0.717, 1.165) is 51.5 Å². The lowest BCUT2D eigenvalue weighted by Crippen LogP contribution is -2.00. The highest BCUT2D eigenvalue weighted by molar-refractivity contribution is 7.19. The molecule has 1 aliphatic rings. The lowest BCUT2D eigenvalue weighted by Gasteiger charge is -2.12. The summed E-state index contributed by atoms with van der Waals surface area (Å²) >= 11 is 1.97. The quantitative estimate of drug-likeness (QED) is 0.182. The van der Waals surface area contributed by atoms with E-state index >= 15 is 0 Å². The smallest absolute Gasteiger partial charge is 0.164 e. The van der Waals surface area contributed by atoms with Gasteiger partial charge in [-0.3, -0.25) is 0 Å². The van der Waals surface area contributed by atoms with Crippen LogP contribution in [0.25, 0.3) is 77.3 Å². The third-order valence-corrected chi connectivity index (χ3v) is 10.3. The van der Waals surface area contributed by atoms with Gasteiger partial charge in [-0.2, -0.15) is 0 Å². The number of para-hydroxylation sites is 1. The Bertz CT molecular complexity index is 2300. The number of benzene rings is 5. The zero-order valence-electron chi connectivity index (χ0n) is 26.7. The van der Waals surface area contributed by atoms with E-state index in [9.17, 15) is 0 Å². The van der Waals surface area contributed by atoms with Crippen LogP contribution >= 0.6 is 11.3 Å². The maximum Gasteiger partial charge on any atom is 0.164 e. The molecule has 0 aliphatic heterocycles. The van der Waals surface area contributed by atoms with Crippen LogP contribution in [0.15, 0.2) is 120 Å². The molecule has 47 heavy (non-hydrogen) atoms. The highest BCUT2D eigenvalue weighted by atomic mass is 32.1. The van der Waals surface area contributed by atoms with Gasteiger partial charge < -0.3 is 4.42 Å². The summed E-state index contributed by atoms with van der Waals surface area (Å²) in [5.74, 6) is 2.04.